The Bertz CT molecular complexity index is 1100. The lowest BCUT2D eigenvalue weighted by atomic mass is 9.83. The van der Waals surface area contributed by atoms with Gasteiger partial charge >= 0.3 is 6.18 Å². The number of aromatic nitrogens is 1. The van der Waals surface area contributed by atoms with E-state index in [0.29, 0.717) is 17.1 Å². The van der Waals surface area contributed by atoms with Crippen molar-refractivity contribution in [2.45, 2.75) is 24.6 Å². The number of hydrogen-bond donors (Lipinski definition) is 3. The maximum atomic E-state index is 13.1. The van der Waals surface area contributed by atoms with Gasteiger partial charge < -0.3 is 25.0 Å². The number of hydrogen-bond acceptors (Lipinski definition) is 5. The Labute approximate surface area is 182 Å². The molecule has 2 aromatic carbocycles. The van der Waals surface area contributed by atoms with Gasteiger partial charge in [-0.15, -0.1) is 0 Å². The second kappa shape index (κ2) is 7.98. The lowest BCUT2D eigenvalue weighted by Gasteiger charge is -2.39. The van der Waals surface area contributed by atoms with Gasteiger partial charge in [0.1, 0.15) is 11.4 Å². The number of piperidine rings is 1. The van der Waals surface area contributed by atoms with Crippen molar-refractivity contribution >= 4 is 5.69 Å². The summed E-state index contributed by atoms with van der Waals surface area (Å²) in [6.45, 7) is 0.568. The first-order chi connectivity index (χ1) is 15.1. The number of aromatic hydroxyl groups is 2. The van der Waals surface area contributed by atoms with E-state index in [1.807, 2.05) is 0 Å². The molecule has 32 heavy (non-hydrogen) atoms. The van der Waals surface area contributed by atoms with Gasteiger partial charge in [0, 0.05) is 19.2 Å². The lowest BCUT2D eigenvalue weighted by Crippen LogP contribution is -2.42. The Balaban J connectivity index is 1.55. The highest BCUT2D eigenvalue weighted by Crippen LogP contribution is 2.42. The standard InChI is InChI=1S/C23H23F3N2O4/c1-32-18-7-5-17(6-8-18)28-20(29)14-19(21(28)30)27-11-9-22(31,10-12-27)15-3-2-4-16(13-15)23(24,25)26/h2-8,13-14,29-31H,9-12H2,1H3. The van der Waals surface area contributed by atoms with E-state index in [9.17, 15) is 28.5 Å². The minimum absolute atomic E-state index is 0.165. The molecule has 3 aromatic rings. The third-order valence-corrected chi connectivity index (χ3v) is 5.92. The van der Waals surface area contributed by atoms with Gasteiger partial charge in [-0.05, 0) is 54.8 Å². The van der Waals surface area contributed by atoms with Crippen LogP contribution in [-0.4, -0.2) is 40.1 Å². The Kier molecular flexibility index (Phi) is 5.46. The summed E-state index contributed by atoms with van der Waals surface area (Å²) in [5.41, 5.74) is -1.08. The molecule has 1 aromatic heterocycles. The fraction of sp³-hybridized carbons (Fsp3) is 0.304. The first kappa shape index (κ1) is 21.9. The quantitative estimate of drug-likeness (QED) is 0.551. The minimum atomic E-state index is -4.49. The summed E-state index contributed by atoms with van der Waals surface area (Å²) in [6, 6.07) is 12.9. The zero-order chi connectivity index (χ0) is 23.1. The van der Waals surface area contributed by atoms with Crippen LogP contribution in [0.4, 0.5) is 18.9 Å². The van der Waals surface area contributed by atoms with Crippen molar-refractivity contribution in [1.29, 1.82) is 0 Å². The molecule has 1 aliphatic rings. The molecule has 170 valence electrons. The fourth-order valence-corrected chi connectivity index (χ4v) is 4.08. The number of halogens is 3. The van der Waals surface area contributed by atoms with Gasteiger partial charge in [-0.2, -0.15) is 13.2 Å². The molecule has 0 aliphatic carbocycles. The minimum Gasteiger partial charge on any atom is -0.497 e. The second-order valence-electron chi connectivity index (χ2n) is 7.84. The molecule has 0 bridgehead atoms. The number of ether oxygens (including phenoxy) is 1. The van der Waals surface area contributed by atoms with Crippen molar-refractivity contribution in [2.24, 2.45) is 0 Å². The lowest BCUT2D eigenvalue weighted by molar-refractivity contribution is -0.137. The van der Waals surface area contributed by atoms with Crippen molar-refractivity contribution in [3.63, 3.8) is 0 Å². The van der Waals surface area contributed by atoms with Crippen LogP contribution in [0.2, 0.25) is 0 Å². The first-order valence-corrected chi connectivity index (χ1v) is 10.1. The average Bonchev–Trinajstić information content (AvgIpc) is 3.08. The summed E-state index contributed by atoms with van der Waals surface area (Å²) in [7, 11) is 1.54. The summed E-state index contributed by atoms with van der Waals surface area (Å²) in [6.07, 6.45) is -4.15. The van der Waals surface area contributed by atoms with Gasteiger partial charge in [0.05, 0.1) is 24.0 Å². The molecule has 0 atom stereocenters. The molecule has 6 nitrogen and oxygen atoms in total. The van der Waals surface area contributed by atoms with Crippen molar-refractivity contribution in [3.05, 3.63) is 65.7 Å². The summed E-state index contributed by atoms with van der Waals surface area (Å²) >= 11 is 0. The number of aliphatic hydroxyl groups is 1. The molecule has 1 aliphatic heterocycles. The van der Waals surface area contributed by atoms with Gasteiger partial charge in [0.15, 0.2) is 0 Å². The summed E-state index contributed by atoms with van der Waals surface area (Å²) in [5, 5.41) is 32.2. The number of rotatable bonds is 4. The molecule has 4 rings (SSSR count). The molecule has 3 N–H and O–H groups in total. The molecule has 0 unspecified atom stereocenters. The van der Waals surface area contributed by atoms with Crippen LogP contribution in [0, 0.1) is 0 Å². The van der Waals surface area contributed by atoms with Crippen molar-refractivity contribution in [1.82, 2.24) is 4.57 Å². The Morgan fingerprint density at radius 2 is 1.62 bits per heavy atom. The third kappa shape index (κ3) is 3.95. The molecular formula is C23H23F3N2O4. The molecule has 1 saturated heterocycles. The zero-order valence-electron chi connectivity index (χ0n) is 17.3. The maximum absolute atomic E-state index is 13.1. The van der Waals surface area contributed by atoms with E-state index in [1.54, 1.807) is 29.2 Å². The number of alkyl halides is 3. The maximum Gasteiger partial charge on any atom is 0.416 e. The van der Waals surface area contributed by atoms with Crippen molar-refractivity contribution in [2.75, 3.05) is 25.1 Å². The molecule has 9 heteroatoms. The van der Waals surface area contributed by atoms with E-state index in [2.05, 4.69) is 0 Å². The van der Waals surface area contributed by atoms with Gasteiger partial charge in [-0.1, -0.05) is 12.1 Å². The number of methoxy groups -OCH3 is 1. The normalized spacial score (nSPS) is 16.2. The van der Waals surface area contributed by atoms with Crippen molar-refractivity contribution in [3.8, 4) is 23.2 Å². The van der Waals surface area contributed by atoms with Crippen LogP contribution < -0.4 is 9.64 Å². The van der Waals surface area contributed by atoms with E-state index in [-0.39, 0.29) is 43.3 Å². The van der Waals surface area contributed by atoms with E-state index >= 15 is 0 Å². The molecule has 0 amide bonds. The largest absolute Gasteiger partial charge is 0.497 e. The predicted molar refractivity (Wildman–Crippen MR) is 112 cm³/mol. The van der Waals surface area contributed by atoms with Crippen LogP contribution in [0.5, 0.6) is 17.5 Å². The molecule has 0 spiro atoms. The topological polar surface area (TPSA) is 78.1 Å². The van der Waals surface area contributed by atoms with Crippen LogP contribution in [0.25, 0.3) is 5.69 Å². The van der Waals surface area contributed by atoms with Crippen molar-refractivity contribution < 1.29 is 33.2 Å². The first-order valence-electron chi connectivity index (χ1n) is 10.1. The molecule has 0 radical (unpaired) electrons. The molecular weight excluding hydrogens is 425 g/mol. The molecule has 2 heterocycles. The number of anilines is 1. The highest BCUT2D eigenvalue weighted by atomic mass is 19.4. The number of benzene rings is 2. The van der Waals surface area contributed by atoms with Gasteiger partial charge in [0.2, 0.25) is 11.8 Å². The van der Waals surface area contributed by atoms with Crippen LogP contribution in [0.15, 0.2) is 54.6 Å². The van der Waals surface area contributed by atoms with Gasteiger partial charge in [0.25, 0.3) is 0 Å². The Hall–Kier alpha value is -3.33. The Morgan fingerprint density at radius 3 is 2.22 bits per heavy atom. The Morgan fingerprint density at radius 1 is 0.969 bits per heavy atom. The third-order valence-electron chi connectivity index (χ3n) is 5.92. The molecule has 1 fully saturated rings. The summed E-state index contributed by atoms with van der Waals surface area (Å²) in [4.78, 5) is 1.79. The SMILES string of the molecule is COc1ccc(-n2c(O)cc(N3CCC(O)(c4cccc(C(F)(F)F)c4)CC3)c2O)cc1. The smallest absolute Gasteiger partial charge is 0.416 e. The highest BCUT2D eigenvalue weighted by molar-refractivity contribution is 5.63. The van der Waals surface area contributed by atoms with Crippen LogP contribution in [-0.2, 0) is 11.8 Å². The summed E-state index contributed by atoms with van der Waals surface area (Å²) < 4.78 is 45.6. The second-order valence-corrected chi connectivity index (χ2v) is 7.84. The predicted octanol–water partition coefficient (Wildman–Crippen LogP) is 4.40. The fourth-order valence-electron chi connectivity index (χ4n) is 4.08. The summed E-state index contributed by atoms with van der Waals surface area (Å²) in [5.74, 6) is 0.295. The monoisotopic (exact) mass is 448 g/mol. The van der Waals surface area contributed by atoms with Crippen LogP contribution in [0.1, 0.15) is 24.0 Å². The van der Waals surface area contributed by atoms with E-state index in [4.69, 9.17) is 4.74 Å². The van der Waals surface area contributed by atoms with Gasteiger partial charge in [-0.3, -0.25) is 0 Å². The zero-order valence-corrected chi connectivity index (χ0v) is 17.3. The molecule has 0 saturated carbocycles. The van der Waals surface area contributed by atoms with Crippen LogP contribution in [0.3, 0.4) is 0 Å². The van der Waals surface area contributed by atoms with E-state index in [0.717, 1.165) is 12.1 Å². The van der Waals surface area contributed by atoms with E-state index < -0.39 is 17.3 Å². The highest BCUT2D eigenvalue weighted by Gasteiger charge is 2.38. The van der Waals surface area contributed by atoms with Gasteiger partial charge in [-0.25, -0.2) is 4.57 Å². The van der Waals surface area contributed by atoms with Crippen LogP contribution >= 0.6 is 0 Å². The average molecular weight is 448 g/mol. The number of nitrogens with zero attached hydrogens (tertiary/aromatic N) is 2. The van der Waals surface area contributed by atoms with E-state index in [1.165, 1.54) is 29.9 Å².